The number of nitrogens with two attached hydrogens (primary N) is 1. The van der Waals surface area contributed by atoms with Crippen LogP contribution in [0.1, 0.15) is 6.42 Å². The van der Waals surface area contributed by atoms with Gasteiger partial charge in [-0.25, -0.2) is 0 Å². The lowest BCUT2D eigenvalue weighted by atomic mass is 10.0. The largest absolute Gasteiger partial charge is 0.391 e. The van der Waals surface area contributed by atoms with Crippen molar-refractivity contribution < 1.29 is 5.11 Å². The molecule has 0 amide bonds. The number of hydrogen-bond donors (Lipinski definition) is 2. The lowest BCUT2D eigenvalue weighted by Crippen LogP contribution is -2.37. The number of aliphatic hydroxyl groups excluding tert-OH is 1. The molecule has 0 radical (unpaired) electrons. The summed E-state index contributed by atoms with van der Waals surface area (Å²) in [5.41, 5.74) is 5.66. The van der Waals surface area contributed by atoms with Crippen molar-refractivity contribution in [2.75, 3.05) is 0 Å². The Morgan fingerprint density at radius 3 is 2.33 bits per heavy atom. The Kier molecular flexibility index (Phi) is 0.957. The summed E-state index contributed by atoms with van der Waals surface area (Å²) in [6.07, 6.45) is 5.02. The van der Waals surface area contributed by atoms with E-state index in [2.05, 4.69) is 12.2 Å². The van der Waals surface area contributed by atoms with Crippen LogP contribution in [0.2, 0.25) is 0 Å². The average molecular weight is 125 g/mol. The molecule has 1 saturated carbocycles. The highest BCUT2D eigenvalue weighted by atomic mass is 16.3. The van der Waals surface area contributed by atoms with E-state index >= 15 is 0 Å². The van der Waals surface area contributed by atoms with Crippen LogP contribution in [0.4, 0.5) is 0 Å². The zero-order valence-corrected chi connectivity index (χ0v) is 5.20. The Labute approximate surface area is 54.4 Å². The van der Waals surface area contributed by atoms with Crippen molar-refractivity contribution in [3.63, 3.8) is 0 Å². The number of aliphatic hydroxyl groups is 1. The van der Waals surface area contributed by atoms with Gasteiger partial charge >= 0.3 is 0 Å². The molecule has 0 spiro atoms. The van der Waals surface area contributed by atoms with E-state index in [1.807, 2.05) is 0 Å². The summed E-state index contributed by atoms with van der Waals surface area (Å²) in [4.78, 5) is 0. The van der Waals surface area contributed by atoms with Crippen molar-refractivity contribution in [3.8, 4) is 0 Å². The van der Waals surface area contributed by atoms with Gasteiger partial charge in [-0.05, 0) is 12.3 Å². The molecule has 2 aliphatic rings. The van der Waals surface area contributed by atoms with E-state index in [-0.39, 0.29) is 12.1 Å². The third kappa shape index (κ3) is 0.575. The predicted molar refractivity (Wildman–Crippen MR) is 34.7 cm³/mol. The smallest absolute Gasteiger partial charge is 0.0759 e. The van der Waals surface area contributed by atoms with Crippen molar-refractivity contribution in [2.24, 2.45) is 17.6 Å². The van der Waals surface area contributed by atoms with Gasteiger partial charge in [0.2, 0.25) is 0 Å². The van der Waals surface area contributed by atoms with Crippen molar-refractivity contribution in [3.05, 3.63) is 12.2 Å². The van der Waals surface area contributed by atoms with E-state index in [1.165, 1.54) is 0 Å². The molecule has 2 aliphatic carbocycles. The maximum absolute atomic E-state index is 9.31. The van der Waals surface area contributed by atoms with Gasteiger partial charge in [-0.15, -0.1) is 0 Å². The molecule has 3 N–H and O–H groups in total. The van der Waals surface area contributed by atoms with Gasteiger partial charge in [0.15, 0.2) is 0 Å². The summed E-state index contributed by atoms with van der Waals surface area (Å²) in [6.45, 7) is 0. The quantitative estimate of drug-likeness (QED) is 0.443. The minimum Gasteiger partial charge on any atom is -0.391 e. The number of hydrogen-bond acceptors (Lipinski definition) is 2. The summed E-state index contributed by atoms with van der Waals surface area (Å²) in [7, 11) is 0. The van der Waals surface area contributed by atoms with E-state index < -0.39 is 0 Å². The minimum atomic E-state index is -0.264. The molecule has 2 bridgehead atoms. The molecule has 0 aromatic rings. The molecule has 50 valence electrons. The SMILES string of the molecule is N[C@@H]1[C@H](O)[C@H]2C=C[C@@H]1C2. The molecule has 0 aromatic carbocycles. The highest BCUT2D eigenvalue weighted by molar-refractivity contribution is 5.15. The van der Waals surface area contributed by atoms with Gasteiger partial charge in [-0.1, -0.05) is 12.2 Å². The first-order valence-corrected chi connectivity index (χ1v) is 3.41. The Morgan fingerprint density at radius 2 is 2.00 bits per heavy atom. The van der Waals surface area contributed by atoms with E-state index in [0.29, 0.717) is 11.8 Å². The van der Waals surface area contributed by atoms with Crippen molar-refractivity contribution in [1.82, 2.24) is 0 Å². The third-order valence-corrected chi connectivity index (χ3v) is 2.48. The molecule has 0 heterocycles. The van der Waals surface area contributed by atoms with Gasteiger partial charge in [0.25, 0.3) is 0 Å². The molecule has 2 rings (SSSR count). The zero-order chi connectivity index (χ0) is 6.43. The Morgan fingerprint density at radius 1 is 1.33 bits per heavy atom. The summed E-state index contributed by atoms with van der Waals surface area (Å²) < 4.78 is 0. The van der Waals surface area contributed by atoms with Gasteiger partial charge in [-0.3, -0.25) is 0 Å². The van der Waals surface area contributed by atoms with Crippen LogP contribution in [-0.2, 0) is 0 Å². The third-order valence-electron chi connectivity index (χ3n) is 2.48. The number of fused-ring (bicyclic) bond motifs is 2. The van der Waals surface area contributed by atoms with Gasteiger partial charge in [0.05, 0.1) is 6.10 Å². The molecule has 2 heteroatoms. The van der Waals surface area contributed by atoms with Crippen molar-refractivity contribution >= 4 is 0 Å². The monoisotopic (exact) mass is 125 g/mol. The minimum absolute atomic E-state index is 0.0139. The van der Waals surface area contributed by atoms with Gasteiger partial charge in [0, 0.05) is 12.0 Å². The van der Waals surface area contributed by atoms with Crippen LogP contribution in [0.15, 0.2) is 12.2 Å². The summed E-state index contributed by atoms with van der Waals surface area (Å²) >= 11 is 0. The first-order chi connectivity index (χ1) is 4.29. The first kappa shape index (κ1) is 5.45. The lowest BCUT2D eigenvalue weighted by molar-refractivity contribution is 0.130. The van der Waals surface area contributed by atoms with E-state index in [9.17, 15) is 5.11 Å². The summed E-state index contributed by atoms with van der Waals surface area (Å²) in [5, 5.41) is 9.31. The molecular formula is C7H11NO. The molecule has 2 nitrogen and oxygen atoms in total. The molecule has 1 fully saturated rings. The summed E-state index contributed by atoms with van der Waals surface area (Å²) in [5.74, 6) is 0.829. The molecule has 0 aliphatic heterocycles. The molecule has 4 atom stereocenters. The molecule has 0 unspecified atom stereocenters. The average Bonchev–Trinajstić information content (AvgIpc) is 2.37. The van der Waals surface area contributed by atoms with Crippen LogP contribution in [0.3, 0.4) is 0 Å². The molecular weight excluding hydrogens is 114 g/mol. The second-order valence-corrected chi connectivity index (χ2v) is 3.02. The fraction of sp³-hybridized carbons (Fsp3) is 0.714. The van der Waals surface area contributed by atoms with Crippen LogP contribution >= 0.6 is 0 Å². The maximum atomic E-state index is 9.31. The summed E-state index contributed by atoms with van der Waals surface area (Å²) in [6, 6.07) is 0.0139. The lowest BCUT2D eigenvalue weighted by Gasteiger charge is -2.18. The van der Waals surface area contributed by atoms with Crippen LogP contribution in [0.25, 0.3) is 0 Å². The highest BCUT2D eigenvalue weighted by Gasteiger charge is 2.41. The second-order valence-electron chi connectivity index (χ2n) is 3.02. The molecule has 9 heavy (non-hydrogen) atoms. The zero-order valence-electron chi connectivity index (χ0n) is 5.20. The standard InChI is InChI=1S/C7H11NO/c8-6-4-1-2-5(3-4)7(6)9/h1-2,4-7,9H,3,8H2/t4-,5+,6+,7-/m1/s1. The van der Waals surface area contributed by atoms with Gasteiger partial charge < -0.3 is 10.8 Å². The molecule has 0 aromatic heterocycles. The van der Waals surface area contributed by atoms with E-state index in [1.54, 1.807) is 0 Å². The van der Waals surface area contributed by atoms with E-state index in [4.69, 9.17) is 5.73 Å². The van der Waals surface area contributed by atoms with Gasteiger partial charge in [0.1, 0.15) is 0 Å². The fourth-order valence-corrected chi connectivity index (χ4v) is 1.83. The molecule has 0 saturated heterocycles. The van der Waals surface area contributed by atoms with Crippen LogP contribution in [-0.4, -0.2) is 17.3 Å². The fourth-order valence-electron chi connectivity index (χ4n) is 1.83. The maximum Gasteiger partial charge on any atom is 0.0759 e. The van der Waals surface area contributed by atoms with Gasteiger partial charge in [-0.2, -0.15) is 0 Å². The van der Waals surface area contributed by atoms with Crippen LogP contribution < -0.4 is 5.73 Å². The van der Waals surface area contributed by atoms with E-state index in [0.717, 1.165) is 6.42 Å². The topological polar surface area (TPSA) is 46.2 Å². The van der Waals surface area contributed by atoms with Crippen LogP contribution in [0, 0.1) is 11.8 Å². The van der Waals surface area contributed by atoms with Crippen LogP contribution in [0.5, 0.6) is 0 Å². The Hall–Kier alpha value is -0.340. The first-order valence-electron chi connectivity index (χ1n) is 3.41. The van der Waals surface area contributed by atoms with Crippen molar-refractivity contribution in [2.45, 2.75) is 18.6 Å². The Balaban J connectivity index is 2.26. The Bertz CT molecular complexity index is 139. The second kappa shape index (κ2) is 1.58. The van der Waals surface area contributed by atoms with Crippen molar-refractivity contribution in [1.29, 1.82) is 0 Å². The highest BCUT2D eigenvalue weighted by Crippen LogP contribution is 2.37. The predicted octanol–water partition coefficient (Wildman–Crippen LogP) is -0.120. The number of rotatable bonds is 0. The normalized spacial score (nSPS) is 54.9.